The monoisotopic (exact) mass is 290 g/mol. The number of aromatic nitrogens is 2. The SMILES string of the molecule is COCCNCc1nnc(Nc2c(C)cc(C)cc2C)o1. The molecule has 2 aromatic rings. The summed E-state index contributed by atoms with van der Waals surface area (Å²) in [5, 5.41) is 14.4. The maximum atomic E-state index is 5.57. The number of nitrogens with one attached hydrogen (secondary N) is 2. The Morgan fingerprint density at radius 1 is 1.14 bits per heavy atom. The molecule has 0 saturated heterocycles. The first-order valence-corrected chi connectivity index (χ1v) is 6.97. The van der Waals surface area contributed by atoms with Crippen LogP contribution in [0.15, 0.2) is 16.5 Å². The van der Waals surface area contributed by atoms with Crippen LogP contribution < -0.4 is 10.6 Å². The minimum Gasteiger partial charge on any atom is -0.406 e. The molecule has 0 bridgehead atoms. The molecule has 0 aliphatic heterocycles. The highest BCUT2D eigenvalue weighted by Crippen LogP contribution is 2.25. The Morgan fingerprint density at radius 2 is 1.86 bits per heavy atom. The lowest BCUT2D eigenvalue weighted by atomic mass is 10.1. The molecule has 6 nitrogen and oxygen atoms in total. The van der Waals surface area contributed by atoms with Gasteiger partial charge in [-0.2, -0.15) is 0 Å². The van der Waals surface area contributed by atoms with Crippen LogP contribution in [0.5, 0.6) is 0 Å². The highest BCUT2D eigenvalue weighted by molar-refractivity contribution is 5.62. The fourth-order valence-electron chi connectivity index (χ4n) is 2.23. The molecule has 6 heteroatoms. The predicted octanol–water partition coefficient (Wildman–Crippen LogP) is 2.47. The van der Waals surface area contributed by atoms with Gasteiger partial charge in [0.05, 0.1) is 13.2 Å². The van der Waals surface area contributed by atoms with Gasteiger partial charge in [0.15, 0.2) is 0 Å². The molecule has 1 aromatic carbocycles. The summed E-state index contributed by atoms with van der Waals surface area (Å²) in [4.78, 5) is 0. The Morgan fingerprint density at radius 3 is 2.52 bits per heavy atom. The van der Waals surface area contributed by atoms with Crippen LogP contribution in [0.25, 0.3) is 0 Å². The number of benzene rings is 1. The van der Waals surface area contributed by atoms with Gasteiger partial charge in [0, 0.05) is 19.3 Å². The van der Waals surface area contributed by atoms with E-state index in [-0.39, 0.29) is 0 Å². The first-order valence-electron chi connectivity index (χ1n) is 6.97. The van der Waals surface area contributed by atoms with Crippen LogP contribution in [0.4, 0.5) is 11.7 Å². The van der Waals surface area contributed by atoms with Crippen molar-refractivity contribution in [2.75, 3.05) is 25.6 Å². The minimum atomic E-state index is 0.411. The average molecular weight is 290 g/mol. The van der Waals surface area contributed by atoms with Crippen LogP contribution in [0.3, 0.4) is 0 Å². The number of rotatable bonds is 7. The molecule has 0 fully saturated rings. The summed E-state index contributed by atoms with van der Waals surface area (Å²) in [5.41, 5.74) is 4.57. The molecule has 1 aromatic heterocycles. The minimum absolute atomic E-state index is 0.411. The predicted molar refractivity (Wildman–Crippen MR) is 81.8 cm³/mol. The largest absolute Gasteiger partial charge is 0.406 e. The van der Waals surface area contributed by atoms with E-state index in [0.29, 0.717) is 25.1 Å². The first kappa shape index (κ1) is 15.5. The van der Waals surface area contributed by atoms with Crippen molar-refractivity contribution in [2.45, 2.75) is 27.3 Å². The van der Waals surface area contributed by atoms with Gasteiger partial charge in [-0.3, -0.25) is 0 Å². The standard InChI is InChI=1S/C15H22N4O2/c1-10-7-11(2)14(12(3)8-10)17-15-19-18-13(21-15)9-16-5-6-20-4/h7-8,16H,5-6,9H2,1-4H3,(H,17,19). The molecule has 0 aliphatic carbocycles. The molecule has 0 unspecified atom stereocenters. The Bertz CT molecular complexity index is 572. The van der Waals surface area contributed by atoms with E-state index >= 15 is 0 Å². The molecule has 114 valence electrons. The Kier molecular flexibility index (Phi) is 5.30. The number of anilines is 2. The molecule has 0 radical (unpaired) electrons. The Labute approximate surface area is 124 Å². The highest BCUT2D eigenvalue weighted by Gasteiger charge is 2.09. The maximum Gasteiger partial charge on any atom is 0.320 e. The molecular weight excluding hydrogens is 268 g/mol. The van der Waals surface area contributed by atoms with Crippen molar-refractivity contribution in [3.8, 4) is 0 Å². The van der Waals surface area contributed by atoms with E-state index in [9.17, 15) is 0 Å². The van der Waals surface area contributed by atoms with Gasteiger partial charge in [0.25, 0.3) is 0 Å². The van der Waals surface area contributed by atoms with Crippen molar-refractivity contribution in [1.29, 1.82) is 0 Å². The third-order valence-corrected chi connectivity index (χ3v) is 3.13. The van der Waals surface area contributed by atoms with Gasteiger partial charge < -0.3 is 19.8 Å². The molecule has 0 amide bonds. The van der Waals surface area contributed by atoms with Gasteiger partial charge in [0.1, 0.15) is 0 Å². The van der Waals surface area contributed by atoms with E-state index in [1.165, 1.54) is 5.56 Å². The summed E-state index contributed by atoms with van der Waals surface area (Å²) in [6, 6.07) is 4.66. The van der Waals surface area contributed by atoms with E-state index in [0.717, 1.165) is 23.4 Å². The number of nitrogens with zero attached hydrogens (tertiary/aromatic N) is 2. The van der Waals surface area contributed by atoms with Crippen LogP contribution in [0, 0.1) is 20.8 Å². The highest BCUT2D eigenvalue weighted by atomic mass is 16.5. The second kappa shape index (κ2) is 7.19. The third kappa shape index (κ3) is 4.27. The summed E-state index contributed by atoms with van der Waals surface area (Å²) in [5.74, 6) is 0.552. The molecule has 1 heterocycles. The van der Waals surface area contributed by atoms with Crippen LogP contribution in [-0.2, 0) is 11.3 Å². The second-order valence-corrected chi connectivity index (χ2v) is 5.07. The first-order chi connectivity index (χ1) is 10.1. The molecular formula is C15H22N4O2. The summed E-state index contributed by atoms with van der Waals surface area (Å²) in [6.45, 7) is 8.14. The lowest BCUT2D eigenvalue weighted by molar-refractivity contribution is 0.198. The summed E-state index contributed by atoms with van der Waals surface area (Å²) in [6.07, 6.45) is 0. The fourth-order valence-corrected chi connectivity index (χ4v) is 2.23. The van der Waals surface area contributed by atoms with Crippen molar-refractivity contribution in [1.82, 2.24) is 15.5 Å². The summed E-state index contributed by atoms with van der Waals surface area (Å²) in [7, 11) is 1.67. The topological polar surface area (TPSA) is 72.2 Å². The van der Waals surface area contributed by atoms with E-state index in [1.807, 2.05) is 0 Å². The van der Waals surface area contributed by atoms with Crippen LogP contribution in [0.2, 0.25) is 0 Å². The average Bonchev–Trinajstić information content (AvgIpc) is 2.87. The maximum absolute atomic E-state index is 5.57. The summed E-state index contributed by atoms with van der Waals surface area (Å²) >= 11 is 0. The molecule has 0 spiro atoms. The van der Waals surface area contributed by atoms with Crippen molar-refractivity contribution >= 4 is 11.7 Å². The van der Waals surface area contributed by atoms with Gasteiger partial charge >= 0.3 is 6.01 Å². The summed E-state index contributed by atoms with van der Waals surface area (Å²) < 4.78 is 10.5. The number of hydrogen-bond donors (Lipinski definition) is 2. The molecule has 21 heavy (non-hydrogen) atoms. The van der Waals surface area contributed by atoms with E-state index < -0.39 is 0 Å². The van der Waals surface area contributed by atoms with Gasteiger partial charge in [-0.1, -0.05) is 22.8 Å². The lowest BCUT2D eigenvalue weighted by Gasteiger charge is -2.10. The number of hydrogen-bond acceptors (Lipinski definition) is 6. The van der Waals surface area contributed by atoms with Crippen molar-refractivity contribution < 1.29 is 9.15 Å². The van der Waals surface area contributed by atoms with Crippen molar-refractivity contribution in [2.24, 2.45) is 0 Å². The second-order valence-electron chi connectivity index (χ2n) is 5.07. The fraction of sp³-hybridized carbons (Fsp3) is 0.467. The molecule has 2 N–H and O–H groups in total. The van der Waals surface area contributed by atoms with E-state index in [2.05, 4.69) is 53.7 Å². The van der Waals surface area contributed by atoms with Gasteiger partial charge in [0.2, 0.25) is 5.89 Å². The van der Waals surface area contributed by atoms with E-state index in [1.54, 1.807) is 7.11 Å². The molecule has 0 atom stereocenters. The van der Waals surface area contributed by atoms with Crippen LogP contribution in [-0.4, -0.2) is 30.5 Å². The van der Waals surface area contributed by atoms with E-state index in [4.69, 9.17) is 9.15 Å². The molecule has 0 aliphatic rings. The third-order valence-electron chi connectivity index (χ3n) is 3.13. The van der Waals surface area contributed by atoms with Crippen molar-refractivity contribution in [3.63, 3.8) is 0 Å². The van der Waals surface area contributed by atoms with Gasteiger partial charge in [-0.05, 0) is 31.9 Å². The number of ether oxygens (including phenoxy) is 1. The lowest BCUT2D eigenvalue weighted by Crippen LogP contribution is -2.18. The quantitative estimate of drug-likeness (QED) is 0.763. The number of methoxy groups -OCH3 is 1. The van der Waals surface area contributed by atoms with Gasteiger partial charge in [-0.15, -0.1) is 5.10 Å². The van der Waals surface area contributed by atoms with Gasteiger partial charge in [-0.25, -0.2) is 0 Å². The zero-order chi connectivity index (χ0) is 15.2. The zero-order valence-electron chi connectivity index (χ0n) is 13.0. The Hall–Kier alpha value is -1.92. The smallest absolute Gasteiger partial charge is 0.320 e. The van der Waals surface area contributed by atoms with Crippen LogP contribution in [0.1, 0.15) is 22.6 Å². The normalized spacial score (nSPS) is 10.9. The Balaban J connectivity index is 1.99. The molecule has 2 rings (SSSR count). The zero-order valence-corrected chi connectivity index (χ0v) is 13.0. The number of aryl methyl sites for hydroxylation is 3. The molecule has 0 saturated carbocycles. The van der Waals surface area contributed by atoms with Crippen molar-refractivity contribution in [3.05, 3.63) is 34.7 Å². The van der Waals surface area contributed by atoms with Crippen LogP contribution >= 0.6 is 0 Å².